The molecule has 0 aromatic carbocycles. The average molecular weight is 332 g/mol. The molecular formula is C18H28N4O2. The quantitative estimate of drug-likeness (QED) is 0.880. The molecule has 1 heterocycles. The van der Waals surface area contributed by atoms with Crippen molar-refractivity contribution in [2.24, 2.45) is 24.3 Å². The van der Waals surface area contributed by atoms with Crippen LogP contribution in [0.15, 0.2) is 6.33 Å². The van der Waals surface area contributed by atoms with E-state index in [1.54, 1.807) is 6.33 Å². The second-order valence-corrected chi connectivity index (χ2v) is 8.32. The third-order valence-corrected chi connectivity index (χ3v) is 6.68. The zero-order valence-electron chi connectivity index (χ0n) is 14.4. The number of hydrogen-bond acceptors (Lipinski definition) is 4. The molecule has 1 aromatic rings. The topological polar surface area (TPSA) is 80.0 Å². The molecule has 1 amide bonds. The van der Waals surface area contributed by atoms with E-state index in [4.69, 9.17) is 0 Å². The first-order chi connectivity index (χ1) is 11.6. The molecule has 1 spiro atoms. The molecule has 24 heavy (non-hydrogen) atoms. The monoisotopic (exact) mass is 332 g/mol. The van der Waals surface area contributed by atoms with Crippen molar-refractivity contribution < 1.29 is 9.90 Å². The number of nitrogens with one attached hydrogen (secondary N) is 1. The number of aliphatic hydroxyl groups excluding tert-OH is 1. The van der Waals surface area contributed by atoms with Crippen LogP contribution in [-0.4, -0.2) is 38.4 Å². The summed E-state index contributed by atoms with van der Waals surface area (Å²) in [6.07, 6.45) is 10.2. The largest absolute Gasteiger partial charge is 0.393 e. The Hall–Kier alpha value is -1.43. The third-order valence-electron chi connectivity index (χ3n) is 6.68. The number of carbonyl (C=O) groups is 1. The Balaban J connectivity index is 1.26. The van der Waals surface area contributed by atoms with Gasteiger partial charge in [-0.3, -0.25) is 4.79 Å². The summed E-state index contributed by atoms with van der Waals surface area (Å²) >= 11 is 0. The normalized spacial score (nSPS) is 32.2. The van der Waals surface area contributed by atoms with E-state index in [-0.39, 0.29) is 29.8 Å². The maximum absolute atomic E-state index is 12.4. The molecule has 3 saturated carbocycles. The standard InChI is InChI=1S/C18H28N4O2/c1-22-11-20-21-16(22)13-8-14(15(23)9-13)10-19-17(24)12-2-4-18(5-3-12)6-7-18/h11-15,23H,2-10H2,1H3,(H,19,24)/t13-,14+,15+/m0/s1. The van der Waals surface area contributed by atoms with Crippen molar-refractivity contribution in [3.8, 4) is 0 Å². The van der Waals surface area contributed by atoms with E-state index in [1.807, 2.05) is 11.6 Å². The third kappa shape index (κ3) is 3.08. The number of aryl methyl sites for hydroxylation is 1. The number of rotatable bonds is 4. The second kappa shape index (κ2) is 6.14. The molecule has 6 heteroatoms. The molecule has 2 N–H and O–H groups in total. The highest BCUT2D eigenvalue weighted by Gasteiger charge is 2.46. The Morgan fingerprint density at radius 2 is 2.08 bits per heavy atom. The van der Waals surface area contributed by atoms with Crippen LogP contribution in [0, 0.1) is 17.3 Å². The molecule has 3 aliphatic carbocycles. The van der Waals surface area contributed by atoms with Gasteiger partial charge < -0.3 is 15.0 Å². The van der Waals surface area contributed by atoms with Gasteiger partial charge in [0.05, 0.1) is 6.10 Å². The van der Waals surface area contributed by atoms with Crippen molar-refractivity contribution in [2.45, 2.75) is 63.4 Å². The molecular weight excluding hydrogens is 304 g/mol. The van der Waals surface area contributed by atoms with E-state index in [0.717, 1.165) is 25.1 Å². The molecule has 0 saturated heterocycles. The summed E-state index contributed by atoms with van der Waals surface area (Å²) in [7, 11) is 1.94. The lowest BCUT2D eigenvalue weighted by Crippen LogP contribution is -2.37. The minimum absolute atomic E-state index is 0.119. The van der Waals surface area contributed by atoms with E-state index in [0.29, 0.717) is 18.4 Å². The Bertz CT molecular complexity index is 600. The molecule has 3 fully saturated rings. The molecule has 0 radical (unpaired) electrons. The first-order valence-corrected chi connectivity index (χ1v) is 9.36. The van der Waals surface area contributed by atoms with Crippen LogP contribution in [0.5, 0.6) is 0 Å². The minimum atomic E-state index is -0.368. The lowest BCUT2D eigenvalue weighted by atomic mass is 9.79. The highest BCUT2D eigenvalue weighted by atomic mass is 16.3. The van der Waals surface area contributed by atoms with Crippen LogP contribution < -0.4 is 5.32 Å². The molecule has 0 aliphatic heterocycles. The Morgan fingerprint density at radius 3 is 2.71 bits per heavy atom. The summed E-state index contributed by atoms with van der Waals surface area (Å²) in [5, 5.41) is 21.6. The van der Waals surface area contributed by atoms with Gasteiger partial charge in [-0.05, 0) is 56.8 Å². The smallest absolute Gasteiger partial charge is 0.223 e. The fourth-order valence-corrected chi connectivity index (χ4v) is 4.74. The average Bonchev–Trinajstić information content (AvgIpc) is 3.01. The van der Waals surface area contributed by atoms with Crippen LogP contribution in [0.25, 0.3) is 0 Å². The summed E-state index contributed by atoms with van der Waals surface area (Å²) in [5.74, 6) is 1.67. The van der Waals surface area contributed by atoms with Gasteiger partial charge in [0.2, 0.25) is 5.91 Å². The van der Waals surface area contributed by atoms with Gasteiger partial charge in [0, 0.05) is 31.3 Å². The summed E-state index contributed by atoms with van der Waals surface area (Å²) in [5.41, 5.74) is 0.627. The number of hydrogen-bond donors (Lipinski definition) is 2. The maximum Gasteiger partial charge on any atom is 0.223 e. The molecule has 132 valence electrons. The van der Waals surface area contributed by atoms with E-state index in [2.05, 4.69) is 15.5 Å². The summed E-state index contributed by atoms with van der Waals surface area (Å²) in [6, 6.07) is 0. The fourth-order valence-electron chi connectivity index (χ4n) is 4.74. The van der Waals surface area contributed by atoms with E-state index in [9.17, 15) is 9.90 Å². The van der Waals surface area contributed by atoms with Gasteiger partial charge >= 0.3 is 0 Å². The zero-order chi connectivity index (χ0) is 16.7. The Kier molecular flexibility index (Phi) is 4.11. The van der Waals surface area contributed by atoms with Gasteiger partial charge in [-0.15, -0.1) is 10.2 Å². The highest BCUT2D eigenvalue weighted by molar-refractivity contribution is 5.78. The van der Waals surface area contributed by atoms with E-state index < -0.39 is 0 Å². The van der Waals surface area contributed by atoms with Crippen LogP contribution in [0.2, 0.25) is 0 Å². The van der Waals surface area contributed by atoms with Gasteiger partial charge in [-0.25, -0.2) is 0 Å². The van der Waals surface area contributed by atoms with Gasteiger partial charge in [-0.2, -0.15) is 0 Å². The number of nitrogens with zero attached hydrogens (tertiary/aromatic N) is 3. The molecule has 6 nitrogen and oxygen atoms in total. The fraction of sp³-hybridized carbons (Fsp3) is 0.833. The molecule has 3 atom stereocenters. The highest BCUT2D eigenvalue weighted by Crippen LogP contribution is 2.57. The number of amides is 1. The number of aromatic nitrogens is 3. The van der Waals surface area contributed by atoms with Crippen LogP contribution >= 0.6 is 0 Å². The first-order valence-electron chi connectivity index (χ1n) is 9.36. The van der Waals surface area contributed by atoms with Crippen molar-refractivity contribution in [3.63, 3.8) is 0 Å². The minimum Gasteiger partial charge on any atom is -0.393 e. The van der Waals surface area contributed by atoms with Crippen LogP contribution in [0.3, 0.4) is 0 Å². The molecule has 0 unspecified atom stereocenters. The van der Waals surface area contributed by atoms with E-state index >= 15 is 0 Å². The zero-order valence-corrected chi connectivity index (χ0v) is 14.4. The van der Waals surface area contributed by atoms with Crippen LogP contribution in [0.4, 0.5) is 0 Å². The molecule has 4 rings (SSSR count). The van der Waals surface area contributed by atoms with Crippen molar-refractivity contribution >= 4 is 5.91 Å². The van der Waals surface area contributed by atoms with Gasteiger partial charge in [-0.1, -0.05) is 0 Å². The first kappa shape index (κ1) is 16.1. The van der Waals surface area contributed by atoms with Crippen LogP contribution in [-0.2, 0) is 11.8 Å². The molecule has 3 aliphatic rings. The molecule has 0 bridgehead atoms. The second-order valence-electron chi connectivity index (χ2n) is 8.32. The van der Waals surface area contributed by atoms with Crippen molar-refractivity contribution in [2.75, 3.05) is 6.54 Å². The summed E-state index contributed by atoms with van der Waals surface area (Å²) < 4.78 is 1.92. The van der Waals surface area contributed by atoms with Crippen molar-refractivity contribution in [1.29, 1.82) is 0 Å². The SMILES string of the molecule is Cn1cnnc1[C@H]1C[C@H](CNC(=O)C2CCC3(CC2)CC3)[C@H](O)C1. The van der Waals surface area contributed by atoms with Gasteiger partial charge in [0.25, 0.3) is 0 Å². The lowest BCUT2D eigenvalue weighted by Gasteiger charge is -2.28. The number of carbonyl (C=O) groups excluding carboxylic acids is 1. The predicted molar refractivity (Wildman–Crippen MR) is 89.1 cm³/mol. The summed E-state index contributed by atoms with van der Waals surface area (Å²) in [6.45, 7) is 0.579. The van der Waals surface area contributed by atoms with Gasteiger partial charge in [0.15, 0.2) is 0 Å². The maximum atomic E-state index is 12.4. The lowest BCUT2D eigenvalue weighted by molar-refractivity contribution is -0.126. The summed E-state index contributed by atoms with van der Waals surface area (Å²) in [4.78, 5) is 12.4. The number of aliphatic hydroxyl groups is 1. The Labute approximate surface area is 143 Å². The van der Waals surface area contributed by atoms with E-state index in [1.165, 1.54) is 25.7 Å². The van der Waals surface area contributed by atoms with Crippen molar-refractivity contribution in [3.05, 3.63) is 12.2 Å². The van der Waals surface area contributed by atoms with Crippen molar-refractivity contribution in [1.82, 2.24) is 20.1 Å². The van der Waals surface area contributed by atoms with Gasteiger partial charge in [0.1, 0.15) is 12.2 Å². The molecule has 1 aromatic heterocycles. The predicted octanol–water partition coefficient (Wildman–Crippen LogP) is 1.76. The Morgan fingerprint density at radius 1 is 1.33 bits per heavy atom. The van der Waals surface area contributed by atoms with Crippen LogP contribution in [0.1, 0.15) is 63.1 Å².